The standard InChI is InChI=1S/C34H47FN2/c1-24-8-11-30(20-25(24)2)12-9-27(4)36-34-19-18-32(21-26(34)3)37(23-34)28(5)10-13-29-14-16-31(17-15-29)22-33(6,7)35/h8,11,14-17,20,26,32,36H,4-5,9-10,12-13,18-19,21-23H2,1-3,6-7H3. The van der Waals surface area contributed by atoms with Crippen molar-refractivity contribution in [2.45, 2.75) is 103 Å². The summed E-state index contributed by atoms with van der Waals surface area (Å²) >= 11 is 0. The molecule has 3 atom stereocenters. The normalized spacial score (nSPS) is 23.2. The number of nitrogens with one attached hydrogen (secondary N) is 1. The van der Waals surface area contributed by atoms with Gasteiger partial charge in [0.1, 0.15) is 5.67 Å². The van der Waals surface area contributed by atoms with Crippen LogP contribution in [-0.2, 0) is 19.3 Å². The summed E-state index contributed by atoms with van der Waals surface area (Å²) in [4.78, 5) is 2.59. The van der Waals surface area contributed by atoms with E-state index in [1.165, 1.54) is 47.2 Å². The Bertz CT molecular complexity index is 1110. The van der Waals surface area contributed by atoms with E-state index in [0.717, 1.165) is 43.5 Å². The zero-order chi connectivity index (χ0) is 26.8. The molecule has 1 saturated carbocycles. The number of allylic oxidation sites excluding steroid dienone is 2. The lowest BCUT2D eigenvalue weighted by Crippen LogP contribution is -2.67. The van der Waals surface area contributed by atoms with Gasteiger partial charge in [-0.15, -0.1) is 0 Å². The van der Waals surface area contributed by atoms with Gasteiger partial charge in [0.25, 0.3) is 0 Å². The molecule has 0 radical (unpaired) electrons. The highest BCUT2D eigenvalue weighted by atomic mass is 19.1. The fraction of sp³-hybridized carbons (Fsp3) is 0.529. The number of piperidine rings is 2. The third-order valence-corrected chi connectivity index (χ3v) is 8.85. The van der Waals surface area contributed by atoms with Crippen molar-refractivity contribution in [3.8, 4) is 0 Å². The lowest BCUT2D eigenvalue weighted by atomic mass is 9.66. The van der Waals surface area contributed by atoms with E-state index in [1.807, 2.05) is 0 Å². The number of halogens is 1. The second kappa shape index (κ2) is 11.1. The third kappa shape index (κ3) is 6.86. The number of hydrogen-bond donors (Lipinski definition) is 1. The Morgan fingerprint density at radius 2 is 1.65 bits per heavy atom. The number of hydrogen-bond acceptors (Lipinski definition) is 2. The summed E-state index contributed by atoms with van der Waals surface area (Å²) in [6, 6.07) is 15.9. The van der Waals surface area contributed by atoms with E-state index < -0.39 is 5.67 Å². The van der Waals surface area contributed by atoms with E-state index in [-0.39, 0.29) is 5.54 Å². The van der Waals surface area contributed by atoms with Crippen LogP contribution in [0.4, 0.5) is 4.39 Å². The summed E-state index contributed by atoms with van der Waals surface area (Å²) in [6.45, 7) is 20.1. The van der Waals surface area contributed by atoms with Crippen molar-refractivity contribution in [3.05, 3.63) is 94.8 Å². The first-order valence-electron chi connectivity index (χ1n) is 14.2. The molecular formula is C34H47FN2. The lowest BCUT2D eigenvalue weighted by molar-refractivity contribution is -0.00521. The highest BCUT2D eigenvalue weighted by Crippen LogP contribution is 2.44. The molecule has 37 heavy (non-hydrogen) atoms. The molecule has 3 aliphatic rings. The van der Waals surface area contributed by atoms with Gasteiger partial charge in [-0.2, -0.15) is 0 Å². The fourth-order valence-electron chi connectivity index (χ4n) is 6.38. The topological polar surface area (TPSA) is 15.3 Å². The Hall–Kier alpha value is -2.55. The molecule has 2 bridgehead atoms. The highest BCUT2D eigenvalue weighted by molar-refractivity contribution is 5.30. The van der Waals surface area contributed by atoms with E-state index in [9.17, 15) is 4.39 Å². The van der Waals surface area contributed by atoms with E-state index in [1.54, 1.807) is 13.8 Å². The van der Waals surface area contributed by atoms with Crippen LogP contribution in [0, 0.1) is 19.8 Å². The molecule has 2 aliphatic heterocycles. The van der Waals surface area contributed by atoms with Crippen LogP contribution in [-0.4, -0.2) is 28.7 Å². The van der Waals surface area contributed by atoms with Crippen LogP contribution in [0.1, 0.15) is 80.7 Å². The van der Waals surface area contributed by atoms with Crippen LogP contribution in [0.3, 0.4) is 0 Å². The number of alkyl halides is 1. The molecule has 0 aromatic heterocycles. The summed E-state index contributed by atoms with van der Waals surface area (Å²) in [5.74, 6) is 0.626. The van der Waals surface area contributed by atoms with Gasteiger partial charge in [-0.05, 0) is 106 Å². The third-order valence-electron chi connectivity index (χ3n) is 8.85. The predicted molar refractivity (Wildman–Crippen MR) is 156 cm³/mol. The first-order valence-corrected chi connectivity index (χ1v) is 14.2. The average Bonchev–Trinajstić information content (AvgIpc) is 2.84. The van der Waals surface area contributed by atoms with Crippen molar-refractivity contribution in [2.75, 3.05) is 6.54 Å². The van der Waals surface area contributed by atoms with Crippen LogP contribution in [0.2, 0.25) is 0 Å². The average molecular weight is 503 g/mol. The Balaban J connectivity index is 1.32. The minimum Gasteiger partial charge on any atom is -0.381 e. The molecule has 1 N–H and O–H groups in total. The van der Waals surface area contributed by atoms with Crippen molar-refractivity contribution in [2.24, 2.45) is 5.92 Å². The van der Waals surface area contributed by atoms with Crippen molar-refractivity contribution in [3.63, 3.8) is 0 Å². The molecule has 5 rings (SSSR count). The highest BCUT2D eigenvalue weighted by Gasteiger charge is 2.49. The first kappa shape index (κ1) is 27.5. The minimum atomic E-state index is -1.17. The van der Waals surface area contributed by atoms with Gasteiger partial charge in [0, 0.05) is 30.4 Å². The van der Waals surface area contributed by atoms with Gasteiger partial charge >= 0.3 is 0 Å². The maximum atomic E-state index is 14.0. The largest absolute Gasteiger partial charge is 0.381 e. The van der Waals surface area contributed by atoms with Crippen LogP contribution >= 0.6 is 0 Å². The molecule has 0 spiro atoms. The lowest BCUT2D eigenvalue weighted by Gasteiger charge is -2.58. The zero-order valence-electron chi connectivity index (χ0n) is 23.8. The number of rotatable bonds is 11. The first-order chi connectivity index (χ1) is 17.4. The molecule has 2 nitrogen and oxygen atoms in total. The fourth-order valence-corrected chi connectivity index (χ4v) is 6.38. The minimum absolute atomic E-state index is 0.0821. The van der Waals surface area contributed by atoms with Gasteiger partial charge in [-0.1, -0.05) is 62.5 Å². The molecule has 2 aromatic rings. The van der Waals surface area contributed by atoms with Crippen LogP contribution in [0.25, 0.3) is 0 Å². The molecule has 200 valence electrons. The summed E-state index contributed by atoms with van der Waals surface area (Å²) in [7, 11) is 0. The van der Waals surface area contributed by atoms with Gasteiger partial charge in [0.15, 0.2) is 0 Å². The van der Waals surface area contributed by atoms with Crippen molar-refractivity contribution < 1.29 is 4.39 Å². The van der Waals surface area contributed by atoms with Crippen molar-refractivity contribution in [1.29, 1.82) is 0 Å². The second-order valence-corrected chi connectivity index (χ2v) is 12.5. The monoisotopic (exact) mass is 502 g/mol. The van der Waals surface area contributed by atoms with E-state index in [4.69, 9.17) is 0 Å². The van der Waals surface area contributed by atoms with Gasteiger partial charge in [-0.25, -0.2) is 4.39 Å². The Morgan fingerprint density at radius 1 is 1.00 bits per heavy atom. The SMILES string of the molecule is C=C(CCc1ccc(C)c(C)c1)NC12CCC(CC1C)N(C(=C)CCc1ccc(CC(C)(C)F)cc1)C2. The Kier molecular flexibility index (Phi) is 8.21. The molecule has 2 aromatic carbocycles. The molecular weight excluding hydrogens is 455 g/mol. The maximum Gasteiger partial charge on any atom is 0.109 e. The second-order valence-electron chi connectivity index (χ2n) is 12.5. The van der Waals surface area contributed by atoms with Crippen molar-refractivity contribution in [1.82, 2.24) is 10.2 Å². The molecule has 3 unspecified atom stereocenters. The van der Waals surface area contributed by atoms with E-state index >= 15 is 0 Å². The van der Waals surface area contributed by atoms with E-state index in [2.05, 4.69) is 86.6 Å². The molecule has 2 saturated heterocycles. The van der Waals surface area contributed by atoms with Crippen LogP contribution in [0.15, 0.2) is 67.0 Å². The van der Waals surface area contributed by atoms with Gasteiger partial charge in [0.05, 0.1) is 5.54 Å². The smallest absolute Gasteiger partial charge is 0.109 e. The summed E-state index contributed by atoms with van der Waals surface area (Å²) in [5, 5.41) is 3.94. The predicted octanol–water partition coefficient (Wildman–Crippen LogP) is 8.02. The van der Waals surface area contributed by atoms with Crippen LogP contribution < -0.4 is 5.32 Å². The Labute approximate surface area is 225 Å². The molecule has 0 amide bonds. The Morgan fingerprint density at radius 3 is 2.30 bits per heavy atom. The van der Waals surface area contributed by atoms with Gasteiger partial charge in [-0.3, -0.25) is 0 Å². The summed E-state index contributed by atoms with van der Waals surface area (Å²) in [5.41, 5.74) is 7.78. The molecule has 3 heteroatoms. The van der Waals surface area contributed by atoms with Gasteiger partial charge < -0.3 is 10.2 Å². The number of fused-ring (bicyclic) bond motifs is 3. The zero-order valence-corrected chi connectivity index (χ0v) is 23.8. The number of benzene rings is 2. The van der Waals surface area contributed by atoms with Gasteiger partial charge in [0.2, 0.25) is 0 Å². The van der Waals surface area contributed by atoms with Crippen LogP contribution in [0.5, 0.6) is 0 Å². The van der Waals surface area contributed by atoms with Crippen molar-refractivity contribution >= 4 is 0 Å². The maximum absolute atomic E-state index is 14.0. The number of nitrogens with zero attached hydrogens (tertiary/aromatic N) is 1. The quantitative estimate of drug-likeness (QED) is 0.335. The number of aryl methyl sites for hydroxylation is 4. The summed E-state index contributed by atoms with van der Waals surface area (Å²) < 4.78 is 14.0. The van der Waals surface area contributed by atoms with E-state index in [0.29, 0.717) is 18.4 Å². The summed E-state index contributed by atoms with van der Waals surface area (Å²) in [6.07, 6.45) is 8.02. The molecule has 3 fully saturated rings. The molecule has 1 aliphatic carbocycles. The molecule has 2 heterocycles.